The first-order valence-corrected chi connectivity index (χ1v) is 12.4. The third-order valence-electron chi connectivity index (χ3n) is 6.47. The third-order valence-corrected chi connectivity index (χ3v) is 6.47. The van der Waals surface area contributed by atoms with Gasteiger partial charge in [0.15, 0.2) is 0 Å². The first kappa shape index (κ1) is 28.7. The second-order valence-electron chi connectivity index (χ2n) is 9.37. The molecular weight excluding hydrogens is 488 g/mol. The van der Waals surface area contributed by atoms with Crippen molar-refractivity contribution in [2.24, 2.45) is 0 Å². The molecule has 0 aliphatic heterocycles. The fraction of sp³-hybridized carbons (Fsp3) is 0.300. The van der Waals surface area contributed by atoms with E-state index in [0.717, 1.165) is 33.6 Å². The molecule has 0 spiro atoms. The molecule has 0 bridgehead atoms. The van der Waals surface area contributed by atoms with Gasteiger partial charge >= 0.3 is 0 Å². The highest BCUT2D eigenvalue weighted by atomic mass is 19.3. The fourth-order valence-electron chi connectivity index (χ4n) is 4.52. The molecule has 0 aromatic heterocycles. The molecule has 8 heteroatoms. The van der Waals surface area contributed by atoms with Gasteiger partial charge < -0.3 is 15.4 Å². The van der Waals surface area contributed by atoms with Crippen LogP contribution < -0.4 is 20.9 Å². The van der Waals surface area contributed by atoms with Crippen LogP contribution >= 0.6 is 0 Å². The van der Waals surface area contributed by atoms with Gasteiger partial charge in [0.2, 0.25) is 0 Å². The van der Waals surface area contributed by atoms with Crippen molar-refractivity contribution in [2.75, 3.05) is 12.4 Å². The van der Waals surface area contributed by atoms with E-state index in [0.29, 0.717) is 12.2 Å². The van der Waals surface area contributed by atoms with Crippen LogP contribution in [0.4, 0.5) is 14.5 Å². The first-order valence-electron chi connectivity index (χ1n) is 12.4. The molecule has 0 atom stereocenters. The number of benzene rings is 3. The number of nitrogens with one attached hydrogen (secondary N) is 3. The summed E-state index contributed by atoms with van der Waals surface area (Å²) in [4.78, 5) is 12.8. The van der Waals surface area contributed by atoms with E-state index in [2.05, 4.69) is 43.5 Å². The lowest BCUT2D eigenvalue weighted by Gasteiger charge is -2.18. The SMILES string of the molecule is CCC(F)(F)c1cccc(NC(=O)/C(NO)=C(\C)NCc2ccc(OC)c(-c3c(C)cc(C)cc3C)c2)c1. The number of carbonyl (C=O) groups excluding carboxylic acids is 1. The summed E-state index contributed by atoms with van der Waals surface area (Å²) in [6.45, 7) is 9.61. The lowest BCUT2D eigenvalue weighted by Crippen LogP contribution is -2.28. The van der Waals surface area contributed by atoms with E-state index >= 15 is 0 Å². The maximum Gasteiger partial charge on any atom is 0.275 e. The molecule has 202 valence electrons. The second-order valence-corrected chi connectivity index (χ2v) is 9.37. The molecule has 3 rings (SSSR count). The summed E-state index contributed by atoms with van der Waals surface area (Å²) >= 11 is 0. The highest BCUT2D eigenvalue weighted by molar-refractivity contribution is 6.03. The van der Waals surface area contributed by atoms with Crippen molar-refractivity contribution in [1.82, 2.24) is 10.8 Å². The van der Waals surface area contributed by atoms with E-state index in [1.54, 1.807) is 14.0 Å². The van der Waals surface area contributed by atoms with Crippen LogP contribution in [-0.2, 0) is 17.3 Å². The summed E-state index contributed by atoms with van der Waals surface area (Å²) < 4.78 is 33.8. The second kappa shape index (κ2) is 12.1. The number of carbonyl (C=O) groups is 1. The number of hydrogen-bond acceptors (Lipinski definition) is 5. The summed E-state index contributed by atoms with van der Waals surface area (Å²) in [5.74, 6) is -2.92. The average Bonchev–Trinajstić information content (AvgIpc) is 2.87. The van der Waals surface area contributed by atoms with Gasteiger partial charge in [-0.25, -0.2) is 8.78 Å². The molecule has 0 fully saturated rings. The number of ether oxygens (including phenoxy) is 1. The number of halogens is 2. The molecule has 0 unspecified atom stereocenters. The molecule has 6 nitrogen and oxygen atoms in total. The maximum absolute atomic E-state index is 14.1. The predicted octanol–water partition coefficient (Wildman–Crippen LogP) is 6.73. The number of allylic oxidation sites excluding steroid dienone is 1. The minimum atomic E-state index is -3.00. The summed E-state index contributed by atoms with van der Waals surface area (Å²) in [7, 11) is 1.64. The van der Waals surface area contributed by atoms with Gasteiger partial charge in [-0.15, -0.1) is 0 Å². The van der Waals surface area contributed by atoms with Crippen LogP contribution in [0, 0.1) is 20.8 Å². The Kier molecular flexibility index (Phi) is 9.12. The highest BCUT2D eigenvalue weighted by Crippen LogP contribution is 2.36. The van der Waals surface area contributed by atoms with Crippen molar-refractivity contribution in [1.29, 1.82) is 0 Å². The number of rotatable bonds is 10. The average molecular weight is 524 g/mol. The van der Waals surface area contributed by atoms with Gasteiger partial charge in [0, 0.05) is 35.5 Å². The number of alkyl halides is 2. The molecule has 0 aliphatic carbocycles. The summed E-state index contributed by atoms with van der Waals surface area (Å²) in [6, 6.07) is 15.6. The highest BCUT2D eigenvalue weighted by Gasteiger charge is 2.29. The molecule has 0 heterocycles. The molecule has 0 saturated heterocycles. The zero-order valence-corrected chi connectivity index (χ0v) is 22.6. The molecule has 0 radical (unpaired) electrons. The van der Waals surface area contributed by atoms with Gasteiger partial charge in [-0.2, -0.15) is 0 Å². The van der Waals surface area contributed by atoms with E-state index < -0.39 is 11.8 Å². The van der Waals surface area contributed by atoms with Crippen LogP contribution in [0.5, 0.6) is 5.75 Å². The van der Waals surface area contributed by atoms with Gasteiger partial charge in [0.1, 0.15) is 11.4 Å². The molecule has 0 saturated carbocycles. The van der Waals surface area contributed by atoms with Crippen LogP contribution in [0.1, 0.15) is 48.1 Å². The monoisotopic (exact) mass is 523 g/mol. The van der Waals surface area contributed by atoms with E-state index in [1.165, 1.54) is 36.8 Å². The normalized spacial score (nSPS) is 12.0. The molecular formula is C30H35F2N3O3. The lowest BCUT2D eigenvalue weighted by atomic mass is 9.92. The van der Waals surface area contributed by atoms with E-state index in [9.17, 15) is 18.8 Å². The Balaban J connectivity index is 1.82. The van der Waals surface area contributed by atoms with E-state index in [-0.39, 0.29) is 23.4 Å². The fourth-order valence-corrected chi connectivity index (χ4v) is 4.52. The number of aryl methyl sites for hydroxylation is 3. The third kappa shape index (κ3) is 6.50. The molecule has 1 amide bonds. The van der Waals surface area contributed by atoms with Gasteiger partial charge in [0.25, 0.3) is 11.8 Å². The lowest BCUT2D eigenvalue weighted by molar-refractivity contribution is -0.114. The molecule has 0 aliphatic rings. The number of anilines is 1. The van der Waals surface area contributed by atoms with Crippen LogP contribution in [0.3, 0.4) is 0 Å². The van der Waals surface area contributed by atoms with E-state index in [4.69, 9.17) is 4.74 Å². The standard InChI is InChI=1S/C30H35F2N3O3/c1-7-30(31,32)23-9-8-10-24(16-23)34-29(36)28(35-37)21(5)33-17-22-11-12-26(38-6)25(15-22)27-19(3)13-18(2)14-20(27)4/h8-16,33,35,37H,7,17H2,1-6H3,(H,34,36)/b28-21-. The summed E-state index contributed by atoms with van der Waals surface area (Å²) in [5.41, 5.74) is 8.67. The maximum atomic E-state index is 14.1. The van der Waals surface area contributed by atoms with Crippen LogP contribution in [-0.4, -0.2) is 18.2 Å². The molecule has 4 N–H and O–H groups in total. The minimum absolute atomic E-state index is 0.128. The predicted molar refractivity (Wildman–Crippen MR) is 146 cm³/mol. The zero-order valence-electron chi connectivity index (χ0n) is 22.6. The van der Waals surface area contributed by atoms with Gasteiger partial charge in [0.05, 0.1) is 7.11 Å². The number of hydroxylamine groups is 1. The molecule has 3 aromatic carbocycles. The van der Waals surface area contributed by atoms with Crippen molar-refractivity contribution in [3.8, 4) is 16.9 Å². The Morgan fingerprint density at radius 1 is 1.03 bits per heavy atom. The van der Waals surface area contributed by atoms with Gasteiger partial charge in [-0.1, -0.05) is 42.8 Å². The van der Waals surface area contributed by atoms with Crippen molar-refractivity contribution >= 4 is 11.6 Å². The molecule has 3 aromatic rings. The first-order chi connectivity index (χ1) is 18.0. The van der Waals surface area contributed by atoms with Crippen LogP contribution in [0.15, 0.2) is 66.0 Å². The van der Waals surface area contributed by atoms with Crippen LogP contribution in [0.2, 0.25) is 0 Å². The Hall–Kier alpha value is -3.91. The topological polar surface area (TPSA) is 82.6 Å². The van der Waals surface area contributed by atoms with E-state index in [1.807, 2.05) is 23.7 Å². The smallest absolute Gasteiger partial charge is 0.275 e. The number of methoxy groups -OCH3 is 1. The van der Waals surface area contributed by atoms with Crippen molar-refractivity contribution < 1.29 is 23.5 Å². The van der Waals surface area contributed by atoms with Crippen molar-refractivity contribution in [3.63, 3.8) is 0 Å². The Morgan fingerprint density at radius 3 is 2.32 bits per heavy atom. The van der Waals surface area contributed by atoms with Crippen molar-refractivity contribution in [3.05, 3.63) is 93.8 Å². The minimum Gasteiger partial charge on any atom is -0.496 e. The zero-order chi connectivity index (χ0) is 28.0. The van der Waals surface area contributed by atoms with Crippen molar-refractivity contribution in [2.45, 2.75) is 53.5 Å². The number of hydrogen-bond donors (Lipinski definition) is 4. The summed E-state index contributed by atoms with van der Waals surface area (Å²) in [5, 5.41) is 15.4. The Morgan fingerprint density at radius 2 is 1.71 bits per heavy atom. The van der Waals surface area contributed by atoms with Crippen LogP contribution in [0.25, 0.3) is 11.1 Å². The number of amides is 1. The largest absolute Gasteiger partial charge is 0.496 e. The summed E-state index contributed by atoms with van der Waals surface area (Å²) in [6.07, 6.45) is -0.354. The Bertz CT molecular complexity index is 1330. The quantitative estimate of drug-likeness (QED) is 0.175. The van der Waals surface area contributed by atoms with Gasteiger partial charge in [-0.05, 0) is 74.2 Å². The molecule has 38 heavy (non-hydrogen) atoms. The Labute approximate surface area is 222 Å². The van der Waals surface area contributed by atoms with Gasteiger partial charge in [-0.3, -0.25) is 15.5 Å².